The van der Waals surface area contributed by atoms with Crippen molar-refractivity contribution in [2.45, 2.75) is 51.3 Å². The smallest absolute Gasteiger partial charge is 0.290 e. The van der Waals surface area contributed by atoms with E-state index in [-0.39, 0.29) is 17.9 Å². The number of rotatable bonds is 6. The molecule has 1 fully saturated rings. The van der Waals surface area contributed by atoms with Crippen molar-refractivity contribution in [3.8, 4) is 5.75 Å². The van der Waals surface area contributed by atoms with Gasteiger partial charge in [-0.2, -0.15) is 0 Å². The quantitative estimate of drug-likeness (QED) is 0.611. The monoisotopic (exact) mass is 444 g/mol. The summed E-state index contributed by atoms with van der Waals surface area (Å²) < 4.78 is 11.4. The average molecular weight is 445 g/mol. The lowest BCUT2D eigenvalue weighted by Gasteiger charge is -2.37. The summed E-state index contributed by atoms with van der Waals surface area (Å²) in [7, 11) is 0. The number of hydrogen-bond donors (Lipinski definition) is 1. The molecule has 33 heavy (non-hydrogen) atoms. The fraction of sp³-hybridized carbons (Fsp3) is 0.333. The van der Waals surface area contributed by atoms with Crippen molar-refractivity contribution in [3.63, 3.8) is 0 Å². The lowest BCUT2D eigenvalue weighted by atomic mass is 9.87. The average Bonchev–Trinajstić information content (AvgIpc) is 3.45. The standard InChI is InChI=1S/C27H28N2O4/c1-17-5-3-6-20(15-17)25-23-16-22(33-18(2)26(30)28-21-9-10-21)11-8-19(23)12-13-29(25)27(31)24-7-4-14-32-24/h3-8,11,14-16,18,21,25H,9-10,12-13H2,1-2H3,(H,28,30)/t18-,25-/m1/s1. The van der Waals surface area contributed by atoms with E-state index >= 15 is 0 Å². The normalized spacial score (nSPS) is 18.4. The molecule has 0 bridgehead atoms. The summed E-state index contributed by atoms with van der Waals surface area (Å²) in [6, 6.07) is 17.6. The second kappa shape index (κ2) is 8.77. The van der Waals surface area contributed by atoms with Gasteiger partial charge in [-0.1, -0.05) is 35.9 Å². The summed E-state index contributed by atoms with van der Waals surface area (Å²) in [5.74, 6) is 0.715. The number of carbonyl (C=O) groups is 2. The van der Waals surface area contributed by atoms with Crippen LogP contribution >= 0.6 is 0 Å². The number of amides is 2. The predicted octanol–water partition coefficient (Wildman–Crippen LogP) is 4.42. The zero-order valence-corrected chi connectivity index (χ0v) is 18.9. The number of ether oxygens (including phenoxy) is 1. The minimum absolute atomic E-state index is 0.0971. The molecule has 1 aliphatic carbocycles. The van der Waals surface area contributed by atoms with Gasteiger partial charge < -0.3 is 19.4 Å². The molecule has 2 atom stereocenters. The number of nitrogens with one attached hydrogen (secondary N) is 1. The van der Waals surface area contributed by atoms with E-state index in [0.29, 0.717) is 24.1 Å². The fourth-order valence-electron chi connectivity index (χ4n) is 4.43. The van der Waals surface area contributed by atoms with Crippen molar-refractivity contribution >= 4 is 11.8 Å². The molecule has 1 aromatic heterocycles. The van der Waals surface area contributed by atoms with Crippen molar-refractivity contribution in [2.75, 3.05) is 6.54 Å². The molecule has 2 aliphatic rings. The third-order valence-corrected chi connectivity index (χ3v) is 6.30. The van der Waals surface area contributed by atoms with Gasteiger partial charge in [0.05, 0.1) is 12.3 Å². The van der Waals surface area contributed by atoms with Crippen LogP contribution in [0.4, 0.5) is 0 Å². The summed E-state index contributed by atoms with van der Waals surface area (Å²) in [4.78, 5) is 27.6. The summed E-state index contributed by atoms with van der Waals surface area (Å²) >= 11 is 0. The van der Waals surface area contributed by atoms with E-state index in [2.05, 4.69) is 17.4 Å². The first-order chi connectivity index (χ1) is 16.0. The molecule has 0 unspecified atom stereocenters. The van der Waals surface area contributed by atoms with Crippen molar-refractivity contribution in [1.29, 1.82) is 0 Å². The van der Waals surface area contributed by atoms with Gasteiger partial charge in [-0.15, -0.1) is 0 Å². The lowest BCUT2D eigenvalue weighted by molar-refractivity contribution is -0.127. The Morgan fingerprint density at radius 1 is 1.12 bits per heavy atom. The first kappa shape index (κ1) is 21.3. The Kier molecular flexibility index (Phi) is 5.67. The SMILES string of the molecule is Cc1cccc([C@@H]2c3cc(O[C@H](C)C(=O)NC4CC4)ccc3CCN2C(=O)c2ccco2)c1. The molecule has 2 amide bonds. The molecule has 3 aromatic rings. The van der Waals surface area contributed by atoms with Crippen LogP contribution in [0.2, 0.25) is 0 Å². The van der Waals surface area contributed by atoms with E-state index in [9.17, 15) is 9.59 Å². The summed E-state index contributed by atoms with van der Waals surface area (Å²) in [6.45, 7) is 4.40. The Hall–Kier alpha value is -3.54. The third kappa shape index (κ3) is 4.51. The molecule has 2 heterocycles. The van der Waals surface area contributed by atoms with Crippen LogP contribution in [0.3, 0.4) is 0 Å². The van der Waals surface area contributed by atoms with Crippen LogP contribution in [0.25, 0.3) is 0 Å². The first-order valence-corrected chi connectivity index (χ1v) is 11.5. The van der Waals surface area contributed by atoms with Crippen LogP contribution in [0, 0.1) is 6.92 Å². The van der Waals surface area contributed by atoms with Crippen LogP contribution in [0.1, 0.15) is 58.6 Å². The maximum absolute atomic E-state index is 13.3. The van der Waals surface area contributed by atoms with Crippen LogP contribution in [-0.4, -0.2) is 35.4 Å². The zero-order valence-electron chi connectivity index (χ0n) is 18.9. The van der Waals surface area contributed by atoms with Crippen LogP contribution in [-0.2, 0) is 11.2 Å². The zero-order chi connectivity index (χ0) is 22.9. The molecule has 6 nitrogen and oxygen atoms in total. The Bertz CT molecular complexity index is 1170. The molecule has 6 heteroatoms. The highest BCUT2D eigenvalue weighted by atomic mass is 16.5. The summed E-state index contributed by atoms with van der Waals surface area (Å²) in [5, 5.41) is 2.99. The van der Waals surface area contributed by atoms with Gasteiger partial charge in [0.25, 0.3) is 11.8 Å². The van der Waals surface area contributed by atoms with E-state index in [1.807, 2.05) is 42.2 Å². The molecule has 0 saturated heterocycles. The molecular weight excluding hydrogens is 416 g/mol. The van der Waals surface area contributed by atoms with Crippen molar-refractivity contribution < 1.29 is 18.7 Å². The number of benzene rings is 2. The molecule has 1 N–H and O–H groups in total. The molecule has 1 aliphatic heterocycles. The maximum atomic E-state index is 13.3. The highest BCUT2D eigenvalue weighted by molar-refractivity contribution is 5.92. The Morgan fingerprint density at radius 2 is 1.97 bits per heavy atom. The second-order valence-electron chi connectivity index (χ2n) is 8.95. The van der Waals surface area contributed by atoms with Gasteiger partial charge in [0.15, 0.2) is 11.9 Å². The van der Waals surface area contributed by atoms with E-state index in [1.165, 1.54) is 11.8 Å². The first-order valence-electron chi connectivity index (χ1n) is 11.5. The van der Waals surface area contributed by atoms with Crippen molar-refractivity contribution in [2.24, 2.45) is 0 Å². The van der Waals surface area contributed by atoms with Gasteiger partial charge in [0, 0.05) is 12.6 Å². The largest absolute Gasteiger partial charge is 0.481 e. The number of nitrogens with zero attached hydrogens (tertiary/aromatic N) is 1. The van der Waals surface area contributed by atoms with E-state index < -0.39 is 6.10 Å². The van der Waals surface area contributed by atoms with Crippen LogP contribution < -0.4 is 10.1 Å². The van der Waals surface area contributed by atoms with Gasteiger partial charge in [-0.3, -0.25) is 9.59 Å². The molecule has 2 aromatic carbocycles. The third-order valence-electron chi connectivity index (χ3n) is 6.30. The van der Waals surface area contributed by atoms with Gasteiger partial charge in [-0.25, -0.2) is 0 Å². The van der Waals surface area contributed by atoms with Gasteiger partial charge in [0.2, 0.25) is 0 Å². The van der Waals surface area contributed by atoms with E-state index in [4.69, 9.17) is 9.15 Å². The Morgan fingerprint density at radius 3 is 2.70 bits per heavy atom. The van der Waals surface area contributed by atoms with E-state index in [0.717, 1.165) is 36.0 Å². The van der Waals surface area contributed by atoms with Crippen molar-refractivity contribution in [1.82, 2.24) is 10.2 Å². The Balaban J connectivity index is 1.49. The minimum atomic E-state index is -0.592. The molecule has 170 valence electrons. The summed E-state index contributed by atoms with van der Waals surface area (Å²) in [6.07, 6.45) is 3.74. The lowest BCUT2D eigenvalue weighted by Crippen LogP contribution is -2.40. The van der Waals surface area contributed by atoms with Crippen LogP contribution in [0.15, 0.2) is 65.3 Å². The van der Waals surface area contributed by atoms with Gasteiger partial charge in [-0.05, 0) is 74.1 Å². The van der Waals surface area contributed by atoms with Gasteiger partial charge >= 0.3 is 0 Å². The molecular formula is C27H28N2O4. The molecule has 0 radical (unpaired) electrons. The van der Waals surface area contributed by atoms with Gasteiger partial charge in [0.1, 0.15) is 5.75 Å². The number of carbonyl (C=O) groups excluding carboxylic acids is 2. The number of furan rings is 1. The molecule has 1 saturated carbocycles. The summed E-state index contributed by atoms with van der Waals surface area (Å²) in [5.41, 5.74) is 4.35. The highest BCUT2D eigenvalue weighted by Crippen LogP contribution is 2.38. The minimum Gasteiger partial charge on any atom is -0.481 e. The Labute approximate surface area is 193 Å². The fourth-order valence-corrected chi connectivity index (χ4v) is 4.43. The molecule has 5 rings (SSSR count). The van der Waals surface area contributed by atoms with Crippen molar-refractivity contribution in [3.05, 3.63) is 88.9 Å². The highest BCUT2D eigenvalue weighted by Gasteiger charge is 2.34. The second-order valence-corrected chi connectivity index (χ2v) is 8.95. The predicted molar refractivity (Wildman–Crippen MR) is 124 cm³/mol. The number of hydrogen-bond acceptors (Lipinski definition) is 4. The maximum Gasteiger partial charge on any atom is 0.290 e. The van der Waals surface area contributed by atoms with E-state index in [1.54, 1.807) is 19.1 Å². The molecule has 0 spiro atoms. The number of aryl methyl sites for hydroxylation is 1. The van der Waals surface area contributed by atoms with Crippen LogP contribution in [0.5, 0.6) is 5.75 Å². The number of fused-ring (bicyclic) bond motifs is 1. The topological polar surface area (TPSA) is 71.8 Å².